The zero-order valence-electron chi connectivity index (χ0n) is 10.6. The molecule has 0 bridgehead atoms. The van der Waals surface area contributed by atoms with Crippen LogP contribution in [0.1, 0.15) is 17.3 Å². The highest BCUT2D eigenvalue weighted by atomic mass is 35.5. The number of carbonyl (C=O) groups is 1. The second-order valence-corrected chi connectivity index (χ2v) is 5.47. The van der Waals surface area contributed by atoms with Crippen LogP contribution in [0, 0.1) is 0 Å². The van der Waals surface area contributed by atoms with Crippen LogP contribution in [0.2, 0.25) is 5.02 Å². The van der Waals surface area contributed by atoms with Crippen molar-refractivity contribution in [2.75, 3.05) is 7.11 Å². The van der Waals surface area contributed by atoms with Crippen molar-refractivity contribution in [2.45, 2.75) is 16.7 Å². The molecule has 19 heavy (non-hydrogen) atoms. The Kier molecular flexibility index (Phi) is 4.51. The van der Waals surface area contributed by atoms with Crippen LogP contribution in [-0.2, 0) is 0 Å². The Morgan fingerprint density at radius 1 is 1.21 bits per heavy atom. The number of Topliss-reactive ketones (excluding diaryl/α,β-unsaturated/α-hetero) is 1. The summed E-state index contributed by atoms with van der Waals surface area (Å²) in [6.45, 7) is 1.57. The number of rotatable bonds is 4. The van der Waals surface area contributed by atoms with E-state index in [4.69, 9.17) is 16.3 Å². The summed E-state index contributed by atoms with van der Waals surface area (Å²) in [5, 5.41) is 0.576. The van der Waals surface area contributed by atoms with E-state index in [0.717, 1.165) is 15.4 Å². The Hall–Kier alpha value is -1.45. The SMILES string of the molecule is COc1cc(Sc2ccccc2C(C)=O)ccc1Cl. The molecule has 2 rings (SSSR count). The molecule has 0 saturated carbocycles. The van der Waals surface area contributed by atoms with Gasteiger partial charge in [0.1, 0.15) is 5.75 Å². The van der Waals surface area contributed by atoms with E-state index in [2.05, 4.69) is 0 Å². The van der Waals surface area contributed by atoms with Crippen LogP contribution in [0.4, 0.5) is 0 Å². The highest BCUT2D eigenvalue weighted by Crippen LogP contribution is 2.35. The second-order valence-electron chi connectivity index (χ2n) is 3.95. The number of benzene rings is 2. The van der Waals surface area contributed by atoms with Crippen LogP contribution in [0.25, 0.3) is 0 Å². The van der Waals surface area contributed by atoms with E-state index in [1.165, 1.54) is 11.8 Å². The van der Waals surface area contributed by atoms with Crippen molar-refractivity contribution in [3.05, 3.63) is 53.1 Å². The summed E-state index contributed by atoms with van der Waals surface area (Å²) in [6.07, 6.45) is 0. The number of hydrogen-bond donors (Lipinski definition) is 0. The molecular weight excluding hydrogens is 280 g/mol. The molecule has 0 saturated heterocycles. The van der Waals surface area contributed by atoms with E-state index in [9.17, 15) is 4.79 Å². The molecule has 2 nitrogen and oxygen atoms in total. The minimum atomic E-state index is 0.0593. The smallest absolute Gasteiger partial charge is 0.160 e. The molecule has 0 atom stereocenters. The lowest BCUT2D eigenvalue weighted by atomic mass is 10.1. The number of hydrogen-bond acceptors (Lipinski definition) is 3. The molecule has 4 heteroatoms. The fourth-order valence-electron chi connectivity index (χ4n) is 1.68. The standard InChI is InChI=1S/C15H13ClO2S/c1-10(17)12-5-3-4-6-15(12)19-11-7-8-13(16)14(9-11)18-2/h3-9H,1-2H3. The Bertz CT molecular complexity index is 611. The third kappa shape index (κ3) is 3.31. The normalized spacial score (nSPS) is 10.3. The zero-order chi connectivity index (χ0) is 13.8. The van der Waals surface area contributed by atoms with Gasteiger partial charge in [0.2, 0.25) is 0 Å². The van der Waals surface area contributed by atoms with Gasteiger partial charge in [0.15, 0.2) is 5.78 Å². The molecule has 0 radical (unpaired) electrons. The second kappa shape index (κ2) is 6.13. The van der Waals surface area contributed by atoms with E-state index < -0.39 is 0 Å². The molecule has 0 spiro atoms. The van der Waals surface area contributed by atoms with Gasteiger partial charge in [0, 0.05) is 15.4 Å². The number of methoxy groups -OCH3 is 1. The molecule has 0 amide bonds. The van der Waals surface area contributed by atoms with Crippen LogP contribution in [0.15, 0.2) is 52.3 Å². The van der Waals surface area contributed by atoms with E-state index in [1.54, 1.807) is 20.1 Å². The molecule has 0 unspecified atom stereocenters. The van der Waals surface area contributed by atoms with Crippen molar-refractivity contribution in [3.63, 3.8) is 0 Å². The molecule has 2 aromatic rings. The quantitative estimate of drug-likeness (QED) is 0.764. The van der Waals surface area contributed by atoms with Crippen LogP contribution in [0.5, 0.6) is 5.75 Å². The summed E-state index contributed by atoms with van der Waals surface area (Å²) < 4.78 is 5.19. The van der Waals surface area contributed by atoms with Crippen molar-refractivity contribution in [1.29, 1.82) is 0 Å². The number of halogens is 1. The van der Waals surface area contributed by atoms with Gasteiger partial charge >= 0.3 is 0 Å². The lowest BCUT2D eigenvalue weighted by molar-refractivity contribution is 0.101. The topological polar surface area (TPSA) is 26.3 Å². The van der Waals surface area contributed by atoms with Gasteiger partial charge in [-0.05, 0) is 31.2 Å². The lowest BCUT2D eigenvalue weighted by Crippen LogP contribution is -1.94. The molecule has 0 aliphatic heterocycles. The average Bonchev–Trinajstić information content (AvgIpc) is 2.41. The average molecular weight is 293 g/mol. The van der Waals surface area contributed by atoms with Crippen LogP contribution in [-0.4, -0.2) is 12.9 Å². The van der Waals surface area contributed by atoms with Crippen molar-refractivity contribution < 1.29 is 9.53 Å². The summed E-state index contributed by atoms with van der Waals surface area (Å²) in [5.41, 5.74) is 0.724. The Balaban J connectivity index is 2.34. The molecule has 0 aromatic heterocycles. The third-order valence-electron chi connectivity index (χ3n) is 2.62. The Labute approximate surface area is 121 Å². The molecule has 0 N–H and O–H groups in total. The van der Waals surface area contributed by atoms with Gasteiger partial charge in [-0.2, -0.15) is 0 Å². The molecule has 98 valence electrons. The number of ketones is 1. The third-order valence-corrected chi connectivity index (χ3v) is 3.99. The summed E-state index contributed by atoms with van der Waals surface area (Å²) >= 11 is 7.51. The van der Waals surface area contributed by atoms with Crippen LogP contribution in [0.3, 0.4) is 0 Å². The number of carbonyl (C=O) groups excluding carboxylic acids is 1. The van der Waals surface area contributed by atoms with Gasteiger partial charge in [-0.1, -0.05) is 41.6 Å². The van der Waals surface area contributed by atoms with E-state index in [0.29, 0.717) is 10.8 Å². The minimum Gasteiger partial charge on any atom is -0.495 e. The monoisotopic (exact) mass is 292 g/mol. The van der Waals surface area contributed by atoms with E-state index >= 15 is 0 Å². The van der Waals surface area contributed by atoms with Crippen molar-refractivity contribution in [3.8, 4) is 5.75 Å². The Morgan fingerprint density at radius 2 is 1.95 bits per heavy atom. The summed E-state index contributed by atoms with van der Waals surface area (Å²) in [4.78, 5) is 13.5. The first-order valence-electron chi connectivity index (χ1n) is 5.73. The number of ether oxygens (including phenoxy) is 1. The first-order valence-corrected chi connectivity index (χ1v) is 6.92. The predicted octanol–water partition coefficient (Wildman–Crippen LogP) is 4.70. The summed E-state index contributed by atoms with van der Waals surface area (Å²) in [6, 6.07) is 13.1. The van der Waals surface area contributed by atoms with E-state index in [1.807, 2.05) is 36.4 Å². The van der Waals surface area contributed by atoms with Crippen molar-refractivity contribution in [2.24, 2.45) is 0 Å². The summed E-state index contributed by atoms with van der Waals surface area (Å²) in [5.74, 6) is 0.691. The molecule has 0 fully saturated rings. The van der Waals surface area contributed by atoms with Crippen molar-refractivity contribution >= 4 is 29.1 Å². The maximum absolute atomic E-state index is 11.6. The van der Waals surface area contributed by atoms with Gasteiger partial charge in [-0.25, -0.2) is 0 Å². The van der Waals surface area contributed by atoms with E-state index in [-0.39, 0.29) is 5.78 Å². The van der Waals surface area contributed by atoms with Gasteiger partial charge in [-0.15, -0.1) is 0 Å². The first-order chi connectivity index (χ1) is 9.11. The predicted molar refractivity (Wildman–Crippen MR) is 78.6 cm³/mol. The molecule has 0 aliphatic rings. The fourth-order valence-corrected chi connectivity index (χ4v) is 2.90. The Morgan fingerprint density at radius 3 is 2.63 bits per heavy atom. The zero-order valence-corrected chi connectivity index (χ0v) is 12.2. The maximum atomic E-state index is 11.6. The largest absolute Gasteiger partial charge is 0.495 e. The molecule has 0 aliphatic carbocycles. The maximum Gasteiger partial charge on any atom is 0.160 e. The van der Waals surface area contributed by atoms with Gasteiger partial charge in [0.05, 0.1) is 12.1 Å². The minimum absolute atomic E-state index is 0.0593. The highest BCUT2D eigenvalue weighted by molar-refractivity contribution is 7.99. The summed E-state index contributed by atoms with van der Waals surface area (Å²) in [7, 11) is 1.58. The highest BCUT2D eigenvalue weighted by Gasteiger charge is 2.09. The van der Waals surface area contributed by atoms with Gasteiger partial charge in [0.25, 0.3) is 0 Å². The fraction of sp³-hybridized carbons (Fsp3) is 0.133. The van der Waals surface area contributed by atoms with Gasteiger partial charge < -0.3 is 4.74 Å². The molecular formula is C15H13ClO2S. The van der Waals surface area contributed by atoms with Crippen LogP contribution >= 0.6 is 23.4 Å². The first kappa shape index (κ1) is 14.0. The van der Waals surface area contributed by atoms with Crippen LogP contribution < -0.4 is 4.74 Å². The molecule has 0 heterocycles. The van der Waals surface area contributed by atoms with Gasteiger partial charge in [-0.3, -0.25) is 4.79 Å². The van der Waals surface area contributed by atoms with Crippen molar-refractivity contribution in [1.82, 2.24) is 0 Å². The lowest BCUT2D eigenvalue weighted by Gasteiger charge is -2.08. The molecule has 2 aromatic carbocycles.